The third-order valence-corrected chi connectivity index (χ3v) is 5.02. The largest absolute Gasteiger partial charge is 1.00 e. The van der Waals surface area contributed by atoms with Crippen molar-refractivity contribution in [2.45, 2.75) is 37.3 Å². The van der Waals surface area contributed by atoms with E-state index in [1.54, 1.807) is 11.6 Å². The average Bonchev–Trinajstić information content (AvgIpc) is 3.04. The number of aromatic nitrogens is 2. The van der Waals surface area contributed by atoms with Crippen LogP contribution in [0.5, 0.6) is 0 Å². The first-order valence-corrected chi connectivity index (χ1v) is 9.44. The fourth-order valence-electron chi connectivity index (χ4n) is 2.28. The van der Waals surface area contributed by atoms with E-state index in [2.05, 4.69) is 5.10 Å². The molecule has 0 unspecified atom stereocenters. The first-order chi connectivity index (χ1) is 12.9. The van der Waals surface area contributed by atoms with Crippen LogP contribution in [0.25, 0.3) is 5.69 Å². The summed E-state index contributed by atoms with van der Waals surface area (Å²) in [6, 6.07) is 5.58. The SMILES string of the molecule is CCc1cc(C(F)(F)F)nn1-c1ccc(S(=O)(=O)NC(=O)CCC(=O)[O-])cc1.[Na+]. The van der Waals surface area contributed by atoms with Gasteiger partial charge in [-0.3, -0.25) is 4.79 Å². The molecule has 0 saturated heterocycles. The predicted molar refractivity (Wildman–Crippen MR) is 87.5 cm³/mol. The number of nitrogens with one attached hydrogen (secondary N) is 1. The molecule has 0 atom stereocenters. The van der Waals surface area contributed by atoms with E-state index in [-0.39, 0.29) is 52.3 Å². The van der Waals surface area contributed by atoms with Gasteiger partial charge in [0.05, 0.1) is 10.6 Å². The van der Waals surface area contributed by atoms with Crippen molar-refractivity contribution in [3.63, 3.8) is 0 Å². The van der Waals surface area contributed by atoms with Crippen LogP contribution in [-0.2, 0) is 32.2 Å². The monoisotopic (exact) mass is 441 g/mol. The molecule has 0 aliphatic carbocycles. The number of hydrogen-bond donors (Lipinski definition) is 1. The molecule has 2 aromatic rings. The van der Waals surface area contributed by atoms with E-state index in [4.69, 9.17) is 0 Å². The van der Waals surface area contributed by atoms with Gasteiger partial charge in [-0.25, -0.2) is 17.8 Å². The van der Waals surface area contributed by atoms with Crippen LogP contribution in [-0.4, -0.2) is 30.1 Å². The standard InChI is InChI=1S/C16H16F3N3O5S.Na/c1-2-10-9-13(16(17,18)19)20-22(10)11-3-5-12(6-4-11)28(26,27)21-14(23)7-8-15(24)25;/h3-6,9H,2,7-8H2,1H3,(H,21,23)(H,24,25);/q;+1/p-1. The predicted octanol–water partition coefficient (Wildman–Crippen LogP) is -2.21. The van der Waals surface area contributed by atoms with Crippen LogP contribution in [0.15, 0.2) is 35.2 Å². The van der Waals surface area contributed by atoms with E-state index in [9.17, 15) is 36.3 Å². The zero-order chi connectivity index (χ0) is 21.1. The molecule has 0 fully saturated rings. The summed E-state index contributed by atoms with van der Waals surface area (Å²) in [7, 11) is -4.26. The van der Waals surface area contributed by atoms with Crippen LogP contribution < -0.4 is 39.4 Å². The summed E-state index contributed by atoms with van der Waals surface area (Å²) in [5.74, 6) is -2.52. The maximum atomic E-state index is 12.9. The van der Waals surface area contributed by atoms with E-state index in [1.165, 1.54) is 12.1 Å². The van der Waals surface area contributed by atoms with Crippen molar-refractivity contribution in [2.75, 3.05) is 0 Å². The van der Waals surface area contributed by atoms with Gasteiger partial charge in [0.2, 0.25) is 5.91 Å². The normalized spacial score (nSPS) is 11.6. The fourth-order valence-corrected chi connectivity index (χ4v) is 3.29. The second-order valence-electron chi connectivity index (χ2n) is 5.68. The minimum atomic E-state index is -4.62. The van der Waals surface area contributed by atoms with Gasteiger partial charge in [-0.15, -0.1) is 0 Å². The molecule has 0 spiro atoms. The number of carbonyl (C=O) groups is 2. The van der Waals surface area contributed by atoms with E-state index in [0.717, 1.165) is 22.9 Å². The van der Waals surface area contributed by atoms with Crippen LogP contribution in [0.3, 0.4) is 0 Å². The van der Waals surface area contributed by atoms with Gasteiger partial charge in [0.25, 0.3) is 10.0 Å². The summed E-state index contributed by atoms with van der Waals surface area (Å²) in [6.07, 6.45) is -5.57. The summed E-state index contributed by atoms with van der Waals surface area (Å²) in [5, 5.41) is 13.8. The van der Waals surface area contributed by atoms with Crippen LogP contribution in [0.2, 0.25) is 0 Å². The molecule has 0 radical (unpaired) electrons. The Labute approximate surface area is 186 Å². The zero-order valence-electron chi connectivity index (χ0n) is 15.5. The number of hydrogen-bond acceptors (Lipinski definition) is 6. The van der Waals surface area contributed by atoms with Crippen molar-refractivity contribution in [1.29, 1.82) is 0 Å². The average molecular weight is 441 g/mol. The number of amides is 1. The van der Waals surface area contributed by atoms with Crippen molar-refractivity contribution >= 4 is 21.9 Å². The number of rotatable bonds is 7. The first-order valence-electron chi connectivity index (χ1n) is 7.96. The van der Waals surface area contributed by atoms with Crippen LogP contribution in [0.1, 0.15) is 31.2 Å². The summed E-state index contributed by atoms with van der Waals surface area (Å²) in [5.41, 5.74) is -0.589. The van der Waals surface area contributed by atoms with Gasteiger partial charge in [-0.2, -0.15) is 18.3 Å². The molecule has 152 valence electrons. The number of sulfonamides is 1. The Morgan fingerprint density at radius 2 is 1.76 bits per heavy atom. The molecule has 13 heteroatoms. The minimum absolute atomic E-state index is 0. The van der Waals surface area contributed by atoms with E-state index >= 15 is 0 Å². The third kappa shape index (κ3) is 6.56. The Kier molecular flexibility index (Phi) is 8.45. The number of nitrogens with zero attached hydrogens (tertiary/aromatic N) is 2. The molecule has 0 bridgehead atoms. The molecule has 29 heavy (non-hydrogen) atoms. The summed E-state index contributed by atoms with van der Waals surface area (Å²) >= 11 is 0. The number of aryl methyl sites for hydroxylation is 1. The quantitative estimate of drug-likeness (QED) is 0.487. The molecule has 0 aliphatic rings. The zero-order valence-corrected chi connectivity index (χ0v) is 18.3. The first kappa shape index (κ1) is 25.1. The van der Waals surface area contributed by atoms with Gasteiger partial charge in [0.1, 0.15) is 0 Å². The Bertz CT molecular complexity index is 988. The summed E-state index contributed by atoms with van der Waals surface area (Å²) in [6.45, 7) is 1.65. The van der Waals surface area contributed by atoms with Crippen molar-refractivity contribution < 1.29 is 65.8 Å². The maximum absolute atomic E-state index is 12.9. The molecule has 0 aliphatic heterocycles. The third-order valence-electron chi connectivity index (χ3n) is 3.63. The molecule has 1 heterocycles. The van der Waals surface area contributed by atoms with E-state index in [0.29, 0.717) is 0 Å². The van der Waals surface area contributed by atoms with Crippen molar-refractivity contribution in [1.82, 2.24) is 14.5 Å². The van der Waals surface area contributed by atoms with Crippen molar-refractivity contribution in [3.8, 4) is 5.69 Å². The van der Waals surface area contributed by atoms with Crippen molar-refractivity contribution in [2.24, 2.45) is 0 Å². The van der Waals surface area contributed by atoms with E-state index in [1.807, 2.05) is 0 Å². The Morgan fingerprint density at radius 3 is 2.24 bits per heavy atom. The minimum Gasteiger partial charge on any atom is -0.550 e. The van der Waals surface area contributed by atoms with Gasteiger partial charge in [0, 0.05) is 18.1 Å². The maximum Gasteiger partial charge on any atom is 1.00 e. The number of alkyl halides is 3. The Hall–Kier alpha value is -1.89. The van der Waals surface area contributed by atoms with Crippen molar-refractivity contribution in [3.05, 3.63) is 41.7 Å². The molecule has 8 nitrogen and oxygen atoms in total. The number of carbonyl (C=O) groups excluding carboxylic acids is 2. The number of carboxylic acids is 1. The number of halogens is 3. The Morgan fingerprint density at radius 1 is 1.17 bits per heavy atom. The smallest absolute Gasteiger partial charge is 0.550 e. The van der Waals surface area contributed by atoms with Crippen LogP contribution in [0, 0.1) is 0 Å². The molecule has 1 N–H and O–H groups in total. The summed E-state index contributed by atoms with van der Waals surface area (Å²) in [4.78, 5) is 21.5. The molecule has 2 rings (SSSR count). The number of aliphatic carboxylic acids is 1. The fraction of sp³-hybridized carbons (Fsp3) is 0.312. The van der Waals surface area contributed by atoms with E-state index < -0.39 is 46.6 Å². The van der Waals surface area contributed by atoms with Gasteiger partial charge >= 0.3 is 35.7 Å². The number of carboxylic acid groups (broad SMARTS) is 1. The molecular formula is C16H15F3N3NaO5S. The summed E-state index contributed by atoms with van der Waals surface area (Å²) < 4.78 is 65.6. The molecule has 1 aromatic heterocycles. The molecule has 1 amide bonds. The molecule has 0 saturated carbocycles. The molecular weight excluding hydrogens is 426 g/mol. The van der Waals surface area contributed by atoms with Gasteiger partial charge in [0.15, 0.2) is 5.69 Å². The van der Waals surface area contributed by atoms with Gasteiger partial charge < -0.3 is 9.90 Å². The number of benzene rings is 1. The van der Waals surface area contributed by atoms with Gasteiger partial charge in [-0.1, -0.05) is 6.92 Å². The topological polar surface area (TPSA) is 121 Å². The van der Waals surface area contributed by atoms with Crippen LogP contribution in [0.4, 0.5) is 13.2 Å². The molecule has 1 aromatic carbocycles. The second-order valence-corrected chi connectivity index (χ2v) is 7.36. The second kappa shape index (κ2) is 9.74. The van der Waals surface area contributed by atoms with Gasteiger partial charge in [-0.05, 0) is 43.2 Å². The van der Waals surface area contributed by atoms with Crippen LogP contribution >= 0.6 is 0 Å². The Balaban J connectivity index is 0.00000420.